The molecule has 1 aliphatic carbocycles. The molecule has 18 nitrogen and oxygen atoms in total. The van der Waals surface area contributed by atoms with Crippen molar-refractivity contribution in [2.24, 2.45) is 0 Å². The predicted molar refractivity (Wildman–Crippen MR) is 233 cm³/mol. The maximum absolute atomic E-state index is 15.5. The van der Waals surface area contributed by atoms with E-state index in [-0.39, 0.29) is 47.3 Å². The Balaban J connectivity index is 0.677. The highest BCUT2D eigenvalue weighted by atomic mass is 32.2. The molecule has 1 aromatic carbocycles. The fourth-order valence-electron chi connectivity index (χ4n) is 11.3. The highest BCUT2D eigenvalue weighted by Gasteiger charge is 2.47. The molecular formula is C44H55FN10O8S. The van der Waals surface area contributed by atoms with Crippen LogP contribution in [0.15, 0.2) is 35.3 Å². The zero-order chi connectivity index (χ0) is 44.7. The number of rotatable bonds is 9. The van der Waals surface area contributed by atoms with Gasteiger partial charge in [0.25, 0.3) is 17.4 Å². The second-order valence-corrected chi connectivity index (χ2v) is 21.2. The van der Waals surface area contributed by atoms with E-state index in [1.165, 1.54) is 12.1 Å². The monoisotopic (exact) mass is 902 g/mol. The molecule has 6 aliphatic heterocycles. The molecule has 6 fully saturated rings. The van der Waals surface area contributed by atoms with Crippen molar-refractivity contribution in [1.29, 1.82) is 0 Å². The Kier molecular flexibility index (Phi) is 11.1. The van der Waals surface area contributed by atoms with Crippen LogP contribution in [0, 0.1) is 5.82 Å². The number of nitrogens with one attached hydrogen (secondary N) is 2. The summed E-state index contributed by atoms with van der Waals surface area (Å²) < 4.78 is 46.5. The molecule has 2 aromatic heterocycles. The average Bonchev–Trinajstić information content (AvgIpc) is 3.73. The fourth-order valence-corrected chi connectivity index (χ4v) is 13.3. The van der Waals surface area contributed by atoms with Crippen molar-refractivity contribution in [3.63, 3.8) is 0 Å². The minimum absolute atomic E-state index is 0.00687. The van der Waals surface area contributed by atoms with Gasteiger partial charge >= 0.3 is 0 Å². The molecule has 3 aromatic rings. The van der Waals surface area contributed by atoms with Crippen LogP contribution in [-0.4, -0.2) is 158 Å². The van der Waals surface area contributed by atoms with Gasteiger partial charge in [-0.25, -0.2) is 22.1 Å². The lowest BCUT2D eigenvalue weighted by Gasteiger charge is -2.52. The first kappa shape index (κ1) is 43.0. The van der Waals surface area contributed by atoms with Gasteiger partial charge in [0.2, 0.25) is 27.8 Å². The summed E-state index contributed by atoms with van der Waals surface area (Å²) in [7, 11) is -3.48. The summed E-state index contributed by atoms with van der Waals surface area (Å²) >= 11 is 0. The highest BCUT2D eigenvalue weighted by molar-refractivity contribution is 7.89. The smallest absolute Gasteiger partial charge is 0.262 e. The lowest BCUT2D eigenvalue weighted by atomic mass is 9.95. The first-order valence-corrected chi connectivity index (χ1v) is 24.3. The molecule has 0 spiro atoms. The van der Waals surface area contributed by atoms with E-state index in [4.69, 9.17) is 4.98 Å². The highest BCUT2D eigenvalue weighted by Crippen LogP contribution is 2.40. The van der Waals surface area contributed by atoms with Crippen LogP contribution in [0.2, 0.25) is 0 Å². The minimum atomic E-state index is -3.48. The maximum atomic E-state index is 15.5. The molecule has 7 aliphatic rings. The lowest BCUT2D eigenvalue weighted by Crippen LogP contribution is -2.64. The van der Waals surface area contributed by atoms with Crippen molar-refractivity contribution in [3.8, 4) is 0 Å². The summed E-state index contributed by atoms with van der Waals surface area (Å²) in [4.78, 5) is 80.5. The molecule has 8 heterocycles. The van der Waals surface area contributed by atoms with Gasteiger partial charge in [-0.15, -0.1) is 0 Å². The zero-order valence-corrected chi connectivity index (χ0v) is 36.8. The van der Waals surface area contributed by atoms with Crippen molar-refractivity contribution >= 4 is 56.3 Å². The summed E-state index contributed by atoms with van der Waals surface area (Å²) in [5.74, 6) is -2.78. The number of hydrogen-bond acceptors (Lipinski definition) is 14. The Hall–Kier alpha value is -4.89. The van der Waals surface area contributed by atoms with Crippen LogP contribution in [0.1, 0.15) is 104 Å². The first-order valence-electron chi connectivity index (χ1n) is 22.8. The third-order valence-corrected chi connectivity index (χ3v) is 17.5. The fraction of sp³-hybridized carbons (Fsp3) is 0.614. The number of aromatic nitrogens is 3. The maximum Gasteiger partial charge on any atom is 0.262 e. The van der Waals surface area contributed by atoms with E-state index in [0.29, 0.717) is 93.8 Å². The van der Waals surface area contributed by atoms with E-state index in [0.717, 1.165) is 56.4 Å². The topological polar surface area (TPSA) is 211 Å². The number of halogens is 1. The Morgan fingerprint density at radius 2 is 1.55 bits per heavy atom. The number of nitrogens with zero attached hydrogens (tertiary/aromatic N) is 8. The van der Waals surface area contributed by atoms with Crippen LogP contribution >= 0.6 is 0 Å². The van der Waals surface area contributed by atoms with Gasteiger partial charge in [-0.05, 0) is 102 Å². The van der Waals surface area contributed by atoms with Crippen molar-refractivity contribution in [2.45, 2.75) is 119 Å². The van der Waals surface area contributed by atoms with Gasteiger partial charge in [0.05, 0.1) is 33.7 Å². The van der Waals surface area contributed by atoms with Crippen molar-refractivity contribution in [2.75, 3.05) is 62.6 Å². The number of piperidine rings is 4. The average molecular weight is 903 g/mol. The normalized spacial score (nSPS) is 27.7. The van der Waals surface area contributed by atoms with Gasteiger partial charge in [-0.3, -0.25) is 48.6 Å². The van der Waals surface area contributed by atoms with E-state index in [9.17, 15) is 37.5 Å². The number of fused-ring (bicyclic) bond motifs is 2. The summed E-state index contributed by atoms with van der Waals surface area (Å²) in [5, 5.41) is 16.9. The van der Waals surface area contributed by atoms with E-state index in [2.05, 4.69) is 25.4 Å². The number of hydrogen-bond donors (Lipinski definition) is 3. The number of carbonyl (C=O) groups is 4. The number of imide groups is 2. The number of sulfonamides is 1. The third-order valence-electron chi connectivity index (χ3n) is 15.1. The number of carbonyl (C=O) groups excluding carboxylic acids is 4. The quantitative estimate of drug-likeness (QED) is 0.262. The number of aliphatic hydroxyl groups is 1. The van der Waals surface area contributed by atoms with Gasteiger partial charge in [-0.1, -0.05) is 0 Å². The second kappa shape index (κ2) is 16.5. The second-order valence-electron chi connectivity index (χ2n) is 19.0. The summed E-state index contributed by atoms with van der Waals surface area (Å²) in [6.45, 7) is 6.94. The number of benzene rings is 1. The van der Waals surface area contributed by atoms with Gasteiger partial charge in [-0.2, -0.15) is 4.98 Å². The van der Waals surface area contributed by atoms with Crippen molar-refractivity contribution in [1.82, 2.24) is 38.9 Å². The standard InChI is InChI=1S/C44H55FN10O8S/c1-44(61)14-2-3-36(44)55-38(57)7-4-26-23-46-43(49-39(26)55)47-27-8-19-53(20-9-27)64(62,63)30-12-17-50(18-13-30)29-24-52(25-29)28-10-15-51(16-11-28)35-22-32-31(21-33(35)45)41(59)54(42(32)60)34-5-6-37(56)48-40(34)58/h4,7,21-23,27-30,34,36,61H,2-3,5-6,8-20,24-25H2,1H3,(H,46,47,49)(H,48,56,58)/t34?,36-,44+/m0/s1. The van der Waals surface area contributed by atoms with E-state index in [1.807, 2.05) is 4.90 Å². The molecule has 1 unspecified atom stereocenters. The Labute approximate surface area is 370 Å². The predicted octanol–water partition coefficient (Wildman–Crippen LogP) is 1.83. The molecular weight excluding hydrogens is 848 g/mol. The molecule has 4 amide bonds. The molecule has 342 valence electrons. The summed E-state index contributed by atoms with van der Waals surface area (Å²) in [5.41, 5.74) is -0.495. The SMILES string of the molecule is C[C@@]1(O)CCC[C@@H]1n1c(=O)ccc2cnc(NC3CCN(S(=O)(=O)C4CCN(C5CN(C6CCN(c7cc8c(cc7F)C(=O)N(C7CCC(=O)NC7=O)C8=O)CC6)C5)CC4)CC3)nc21. The van der Waals surface area contributed by atoms with Crippen molar-refractivity contribution < 1.29 is 37.1 Å². The molecule has 0 radical (unpaired) electrons. The molecule has 5 saturated heterocycles. The first-order chi connectivity index (χ1) is 30.7. The molecule has 64 heavy (non-hydrogen) atoms. The van der Waals surface area contributed by atoms with E-state index >= 15 is 4.39 Å². The Morgan fingerprint density at radius 3 is 2.22 bits per heavy atom. The molecule has 10 rings (SSSR count). The van der Waals surface area contributed by atoms with Crippen LogP contribution in [0.3, 0.4) is 0 Å². The van der Waals surface area contributed by atoms with Crippen LogP contribution in [0.4, 0.5) is 16.0 Å². The minimum Gasteiger partial charge on any atom is -0.388 e. The molecule has 3 N–H and O–H groups in total. The van der Waals surface area contributed by atoms with Gasteiger partial charge in [0.1, 0.15) is 17.5 Å². The summed E-state index contributed by atoms with van der Waals surface area (Å²) in [6.07, 6.45) is 7.81. The molecule has 3 atom stereocenters. The largest absolute Gasteiger partial charge is 0.388 e. The number of amides is 4. The lowest BCUT2D eigenvalue weighted by molar-refractivity contribution is -0.136. The van der Waals surface area contributed by atoms with Gasteiger partial charge < -0.3 is 15.3 Å². The van der Waals surface area contributed by atoms with E-state index in [1.54, 1.807) is 28.1 Å². The Bertz CT molecular complexity index is 2560. The number of pyridine rings is 1. The third kappa shape index (κ3) is 7.67. The van der Waals surface area contributed by atoms with Crippen LogP contribution in [0.5, 0.6) is 0 Å². The Morgan fingerprint density at radius 1 is 0.844 bits per heavy atom. The van der Waals surface area contributed by atoms with E-state index < -0.39 is 56.4 Å². The van der Waals surface area contributed by atoms with Crippen LogP contribution < -0.4 is 21.1 Å². The molecule has 20 heteroatoms. The van der Waals surface area contributed by atoms with Crippen molar-refractivity contribution in [3.05, 3.63) is 57.8 Å². The summed E-state index contributed by atoms with van der Waals surface area (Å²) in [6, 6.07) is 4.86. The van der Waals surface area contributed by atoms with Crippen LogP contribution in [0.25, 0.3) is 11.0 Å². The number of likely N-dealkylation sites (tertiary alicyclic amines) is 2. The zero-order valence-electron chi connectivity index (χ0n) is 36.0. The number of anilines is 2. The van der Waals surface area contributed by atoms with Gasteiger partial charge in [0.15, 0.2) is 0 Å². The molecule has 0 bridgehead atoms. The van der Waals surface area contributed by atoms with Crippen LogP contribution in [-0.2, 0) is 19.6 Å². The molecule has 1 saturated carbocycles. The van der Waals surface area contributed by atoms with Gasteiger partial charge in [0, 0.05) is 81.5 Å².